The Hall–Kier alpha value is -2.75. The number of rotatable bonds is 6. The van der Waals surface area contributed by atoms with Crippen LogP contribution in [0.25, 0.3) is 21.8 Å². The summed E-state index contributed by atoms with van der Waals surface area (Å²) in [4.78, 5) is 18.0. The van der Waals surface area contributed by atoms with Crippen LogP contribution in [0.3, 0.4) is 0 Å². The molecule has 1 unspecified atom stereocenters. The maximum absolute atomic E-state index is 8.92. The lowest BCUT2D eigenvalue weighted by molar-refractivity contribution is 0.379. The van der Waals surface area contributed by atoms with Gasteiger partial charge in [0.2, 0.25) is 0 Å². The zero-order chi connectivity index (χ0) is 20.4. The molecule has 29 heavy (non-hydrogen) atoms. The largest absolute Gasteiger partial charge is 0.487 e. The van der Waals surface area contributed by atoms with Crippen LogP contribution in [0.5, 0.6) is 5.75 Å². The van der Waals surface area contributed by atoms with Gasteiger partial charge in [0.15, 0.2) is 5.82 Å². The molecule has 0 fully saturated rings. The van der Waals surface area contributed by atoms with Crippen LogP contribution in [0.1, 0.15) is 22.3 Å². The van der Waals surface area contributed by atoms with Crippen molar-refractivity contribution >= 4 is 36.4 Å². The maximum Gasteiger partial charge on any atom is 0.150 e. The average molecular weight is 405 g/mol. The molecule has 0 aliphatic rings. The van der Waals surface area contributed by atoms with E-state index < -0.39 is 0 Å². The molecule has 0 bridgehead atoms. The minimum Gasteiger partial charge on any atom is -0.487 e. The number of anilines is 1. The molecule has 5 nitrogen and oxygen atoms in total. The molecule has 6 heteroatoms. The first-order valence-electron chi connectivity index (χ1n) is 9.59. The summed E-state index contributed by atoms with van der Waals surface area (Å²) < 4.78 is 5.50. The number of nitrogen functional groups attached to an aromatic ring is 1. The minimum absolute atomic E-state index is 0.201. The number of hydrogen-bond acceptors (Lipinski definition) is 5. The molecular formula is C23H24N3O2P. The van der Waals surface area contributed by atoms with E-state index in [1.807, 2.05) is 18.3 Å². The number of fused-ring (bicyclic) bond motifs is 3. The number of nitrogens with zero attached hydrogens (tertiary/aromatic N) is 2. The first kappa shape index (κ1) is 19.6. The van der Waals surface area contributed by atoms with E-state index in [0.29, 0.717) is 12.2 Å². The van der Waals surface area contributed by atoms with Gasteiger partial charge in [-0.3, -0.25) is 4.98 Å². The van der Waals surface area contributed by atoms with E-state index >= 15 is 0 Å². The van der Waals surface area contributed by atoms with E-state index in [-0.39, 0.29) is 8.81 Å². The van der Waals surface area contributed by atoms with E-state index in [0.717, 1.165) is 46.0 Å². The summed E-state index contributed by atoms with van der Waals surface area (Å²) in [7, 11) is -0.201. The van der Waals surface area contributed by atoms with E-state index in [1.54, 1.807) is 0 Å². The molecule has 0 saturated carbocycles. The summed E-state index contributed by atoms with van der Waals surface area (Å²) >= 11 is 0. The fourth-order valence-electron chi connectivity index (χ4n) is 3.63. The van der Waals surface area contributed by atoms with Crippen LogP contribution in [0.2, 0.25) is 0 Å². The number of hydrogen-bond donors (Lipinski definition) is 2. The van der Waals surface area contributed by atoms with Gasteiger partial charge in [-0.1, -0.05) is 18.2 Å². The van der Waals surface area contributed by atoms with Gasteiger partial charge in [-0.05, 0) is 73.2 Å². The molecule has 0 radical (unpaired) electrons. The Balaban J connectivity index is 1.61. The number of aromatic nitrogens is 2. The van der Waals surface area contributed by atoms with Crippen molar-refractivity contribution in [1.29, 1.82) is 0 Å². The molecule has 0 aliphatic carbocycles. The first-order chi connectivity index (χ1) is 14.0. The molecule has 2 heterocycles. The van der Waals surface area contributed by atoms with Crippen molar-refractivity contribution < 1.29 is 9.63 Å². The lowest BCUT2D eigenvalue weighted by Crippen LogP contribution is -1.99. The Labute approximate surface area is 171 Å². The van der Waals surface area contributed by atoms with Gasteiger partial charge in [0.05, 0.1) is 5.52 Å². The Morgan fingerprint density at radius 3 is 2.69 bits per heavy atom. The zero-order valence-electron chi connectivity index (χ0n) is 16.6. The topological polar surface area (TPSA) is 81.3 Å². The highest BCUT2D eigenvalue weighted by Crippen LogP contribution is 2.28. The van der Waals surface area contributed by atoms with E-state index in [9.17, 15) is 0 Å². The van der Waals surface area contributed by atoms with Gasteiger partial charge in [0.25, 0.3) is 0 Å². The highest BCUT2D eigenvalue weighted by atomic mass is 31.1. The van der Waals surface area contributed by atoms with Gasteiger partial charge in [-0.15, -0.1) is 0 Å². The molecule has 4 aromatic rings. The second kappa shape index (κ2) is 8.32. The number of nitrogens with two attached hydrogens (primary N) is 1. The molecule has 3 N–H and O–H groups in total. The van der Waals surface area contributed by atoms with Crippen molar-refractivity contribution in [3.05, 3.63) is 70.9 Å². The van der Waals surface area contributed by atoms with E-state index in [4.69, 9.17) is 15.4 Å². The van der Waals surface area contributed by atoms with Crippen LogP contribution >= 0.6 is 8.81 Å². The van der Waals surface area contributed by atoms with Crippen molar-refractivity contribution in [2.24, 2.45) is 0 Å². The van der Waals surface area contributed by atoms with Crippen LogP contribution < -0.4 is 10.5 Å². The van der Waals surface area contributed by atoms with Crippen molar-refractivity contribution in [1.82, 2.24) is 9.97 Å². The lowest BCUT2D eigenvalue weighted by Gasteiger charge is -2.11. The van der Waals surface area contributed by atoms with Crippen molar-refractivity contribution in [2.45, 2.75) is 26.7 Å². The van der Waals surface area contributed by atoms with E-state index in [1.165, 1.54) is 16.7 Å². The van der Waals surface area contributed by atoms with Crippen LogP contribution in [0.15, 0.2) is 48.7 Å². The summed E-state index contributed by atoms with van der Waals surface area (Å²) in [6, 6.07) is 14.5. The predicted molar refractivity (Wildman–Crippen MR) is 121 cm³/mol. The van der Waals surface area contributed by atoms with Gasteiger partial charge in [-0.2, -0.15) is 0 Å². The van der Waals surface area contributed by atoms with E-state index in [2.05, 4.69) is 54.1 Å². The van der Waals surface area contributed by atoms with Crippen molar-refractivity contribution in [2.75, 3.05) is 12.1 Å². The molecule has 0 aliphatic heterocycles. The predicted octanol–water partition coefficient (Wildman–Crippen LogP) is 4.69. The Bertz CT molecular complexity index is 1190. The number of pyridine rings is 2. The quantitative estimate of drug-likeness (QED) is 0.359. The molecule has 1 atom stereocenters. The highest BCUT2D eigenvalue weighted by molar-refractivity contribution is 7.30. The molecule has 148 valence electrons. The summed E-state index contributed by atoms with van der Waals surface area (Å²) in [5, 5.41) is 2.13. The van der Waals surface area contributed by atoms with Gasteiger partial charge < -0.3 is 15.4 Å². The second-order valence-corrected chi connectivity index (χ2v) is 7.90. The number of ether oxygens (including phenoxy) is 1. The Morgan fingerprint density at radius 1 is 1.03 bits per heavy atom. The van der Waals surface area contributed by atoms with Gasteiger partial charge in [0.1, 0.15) is 17.6 Å². The first-order valence-corrected chi connectivity index (χ1v) is 10.7. The summed E-state index contributed by atoms with van der Waals surface area (Å²) in [6.07, 6.45) is 4.04. The van der Waals surface area contributed by atoms with Crippen LogP contribution in [0, 0.1) is 13.8 Å². The van der Waals surface area contributed by atoms with Crippen LogP contribution in [-0.2, 0) is 12.8 Å². The molecule has 0 spiro atoms. The van der Waals surface area contributed by atoms with Crippen LogP contribution in [-0.4, -0.2) is 21.2 Å². The monoisotopic (exact) mass is 405 g/mol. The average Bonchev–Trinajstić information content (AvgIpc) is 2.71. The SMILES string of the molecule is Cc1ccc2c(c1)nc(N)c1ncc(CCc3ccc(OCPO)cc3C)cc12. The minimum atomic E-state index is -0.201. The third-order valence-electron chi connectivity index (χ3n) is 5.17. The highest BCUT2D eigenvalue weighted by Gasteiger charge is 2.09. The normalized spacial score (nSPS) is 11.7. The third kappa shape index (κ3) is 4.16. The summed E-state index contributed by atoms with van der Waals surface area (Å²) in [5.74, 6) is 1.27. The van der Waals surface area contributed by atoms with Gasteiger partial charge >= 0.3 is 0 Å². The number of benzene rings is 2. The smallest absolute Gasteiger partial charge is 0.150 e. The van der Waals surface area contributed by atoms with Crippen molar-refractivity contribution in [3.8, 4) is 5.75 Å². The molecule has 4 rings (SSSR count). The lowest BCUT2D eigenvalue weighted by atomic mass is 9.99. The maximum atomic E-state index is 8.92. The van der Waals surface area contributed by atoms with Gasteiger partial charge in [0, 0.05) is 25.8 Å². The molecular weight excluding hydrogens is 381 g/mol. The fourth-order valence-corrected chi connectivity index (χ4v) is 3.86. The summed E-state index contributed by atoms with van der Waals surface area (Å²) in [6.45, 7) is 4.14. The second-order valence-electron chi connectivity index (χ2n) is 7.29. The van der Waals surface area contributed by atoms with Crippen molar-refractivity contribution in [3.63, 3.8) is 0 Å². The zero-order valence-corrected chi connectivity index (χ0v) is 17.6. The number of aryl methyl sites for hydroxylation is 4. The third-order valence-corrected chi connectivity index (χ3v) is 5.45. The fraction of sp³-hybridized carbons (Fsp3) is 0.217. The van der Waals surface area contributed by atoms with Crippen LogP contribution in [0.4, 0.5) is 5.82 Å². The Kier molecular flexibility index (Phi) is 5.61. The molecule has 0 saturated heterocycles. The molecule has 0 amide bonds. The standard InChI is InChI=1S/C23H24N3O2P/c1-14-3-8-19-20-11-16(12-25-22(20)23(24)26-21(19)9-14)4-5-17-6-7-18(10-15(17)2)28-13-29-27/h3,6-12,27,29H,4-5,13H2,1-2H3,(H2,24,26). The molecule has 2 aromatic carbocycles. The van der Waals surface area contributed by atoms with Gasteiger partial charge in [-0.25, -0.2) is 4.98 Å². The molecule has 2 aromatic heterocycles. The summed E-state index contributed by atoms with van der Waals surface area (Å²) in [5.41, 5.74) is 12.6. The Morgan fingerprint density at radius 2 is 1.90 bits per heavy atom.